The first-order chi connectivity index (χ1) is 9.51. The number of nitrogen functional groups attached to an aromatic ring is 1. The van der Waals surface area contributed by atoms with Crippen LogP contribution in [0.4, 0.5) is 11.4 Å². The van der Waals surface area contributed by atoms with Crippen LogP contribution in [-0.4, -0.2) is 28.4 Å². The van der Waals surface area contributed by atoms with Gasteiger partial charge >= 0.3 is 0 Å². The third-order valence-corrected chi connectivity index (χ3v) is 4.64. The zero-order chi connectivity index (χ0) is 14.7. The fourth-order valence-corrected chi connectivity index (χ4v) is 3.20. The molecule has 7 heteroatoms. The Labute approximate surface area is 121 Å². The Morgan fingerprint density at radius 1 is 1.50 bits per heavy atom. The van der Waals surface area contributed by atoms with Gasteiger partial charge in [0.2, 0.25) is 0 Å². The standard InChI is InChI=1S/C13H17N3O3S/c1-20-10-4-2-8(6-10)15-13(17)11-7-9(16(18)19)3-5-12(11)14/h3,5,7-8,10H,2,4,6,14H2,1H3,(H,15,17). The highest BCUT2D eigenvalue weighted by Gasteiger charge is 2.26. The van der Waals surface area contributed by atoms with Crippen molar-refractivity contribution < 1.29 is 9.72 Å². The number of amides is 1. The van der Waals surface area contributed by atoms with Crippen LogP contribution in [0.2, 0.25) is 0 Å². The summed E-state index contributed by atoms with van der Waals surface area (Å²) in [6, 6.07) is 4.04. The van der Waals surface area contributed by atoms with Crippen LogP contribution in [0.3, 0.4) is 0 Å². The Bertz CT molecular complexity index is 536. The highest BCUT2D eigenvalue weighted by molar-refractivity contribution is 7.99. The molecule has 0 spiro atoms. The first kappa shape index (κ1) is 14.6. The molecule has 0 aromatic heterocycles. The van der Waals surface area contributed by atoms with Crippen LogP contribution < -0.4 is 11.1 Å². The molecular formula is C13H17N3O3S. The predicted octanol–water partition coefficient (Wildman–Crippen LogP) is 2.19. The summed E-state index contributed by atoms with van der Waals surface area (Å²) in [6.45, 7) is 0. The smallest absolute Gasteiger partial charge is 0.270 e. The summed E-state index contributed by atoms with van der Waals surface area (Å²) in [5, 5.41) is 14.2. The van der Waals surface area contributed by atoms with Crippen LogP contribution in [0, 0.1) is 10.1 Å². The van der Waals surface area contributed by atoms with Crippen molar-refractivity contribution in [3.63, 3.8) is 0 Å². The molecule has 1 saturated carbocycles. The number of nitrogens with zero attached hydrogens (tertiary/aromatic N) is 1. The van der Waals surface area contributed by atoms with Gasteiger partial charge in [0, 0.05) is 29.1 Å². The average molecular weight is 295 g/mol. The van der Waals surface area contributed by atoms with Gasteiger partial charge in [-0.1, -0.05) is 0 Å². The minimum absolute atomic E-state index is 0.124. The maximum Gasteiger partial charge on any atom is 0.270 e. The molecule has 1 amide bonds. The van der Waals surface area contributed by atoms with E-state index in [-0.39, 0.29) is 28.9 Å². The van der Waals surface area contributed by atoms with Crippen LogP contribution in [0.1, 0.15) is 29.6 Å². The molecule has 6 nitrogen and oxygen atoms in total. The predicted molar refractivity (Wildman–Crippen MR) is 79.9 cm³/mol. The topological polar surface area (TPSA) is 98.3 Å². The van der Waals surface area contributed by atoms with E-state index in [4.69, 9.17) is 5.73 Å². The van der Waals surface area contributed by atoms with E-state index in [1.807, 2.05) is 0 Å². The van der Waals surface area contributed by atoms with Crippen molar-refractivity contribution in [3.8, 4) is 0 Å². The van der Waals surface area contributed by atoms with E-state index in [9.17, 15) is 14.9 Å². The summed E-state index contributed by atoms with van der Waals surface area (Å²) < 4.78 is 0. The summed E-state index contributed by atoms with van der Waals surface area (Å²) in [5.41, 5.74) is 6.03. The number of benzene rings is 1. The Balaban J connectivity index is 2.09. The van der Waals surface area contributed by atoms with Crippen molar-refractivity contribution in [2.75, 3.05) is 12.0 Å². The van der Waals surface area contributed by atoms with Crippen molar-refractivity contribution in [2.45, 2.75) is 30.6 Å². The van der Waals surface area contributed by atoms with Crippen molar-refractivity contribution in [1.29, 1.82) is 0 Å². The van der Waals surface area contributed by atoms with Crippen LogP contribution in [0.15, 0.2) is 18.2 Å². The second-order valence-corrected chi connectivity index (χ2v) is 6.01. The molecule has 2 atom stereocenters. The van der Waals surface area contributed by atoms with Gasteiger partial charge in [-0.2, -0.15) is 11.8 Å². The van der Waals surface area contributed by atoms with Crippen LogP contribution >= 0.6 is 11.8 Å². The van der Waals surface area contributed by atoms with Crippen LogP contribution in [0.25, 0.3) is 0 Å². The lowest BCUT2D eigenvalue weighted by atomic mass is 10.1. The van der Waals surface area contributed by atoms with Crippen molar-refractivity contribution >= 4 is 29.0 Å². The van der Waals surface area contributed by atoms with Gasteiger partial charge in [0.05, 0.1) is 10.5 Å². The summed E-state index contributed by atoms with van der Waals surface area (Å²) >= 11 is 1.80. The van der Waals surface area contributed by atoms with E-state index < -0.39 is 4.92 Å². The maximum atomic E-state index is 12.2. The monoisotopic (exact) mass is 295 g/mol. The summed E-state index contributed by atoms with van der Waals surface area (Å²) in [4.78, 5) is 22.4. The SMILES string of the molecule is CSC1CCC(NC(=O)c2cc([N+](=O)[O-])ccc2N)C1. The maximum absolute atomic E-state index is 12.2. The number of nitrogens with two attached hydrogens (primary N) is 1. The van der Waals surface area contributed by atoms with Crippen LogP contribution in [0.5, 0.6) is 0 Å². The largest absolute Gasteiger partial charge is 0.398 e. The zero-order valence-corrected chi connectivity index (χ0v) is 12.0. The molecule has 0 aliphatic heterocycles. The summed E-state index contributed by atoms with van der Waals surface area (Å²) in [7, 11) is 0. The Morgan fingerprint density at radius 2 is 2.25 bits per heavy atom. The molecule has 0 saturated heterocycles. The molecule has 1 aliphatic carbocycles. The molecule has 1 aromatic carbocycles. The molecule has 1 aromatic rings. The fraction of sp³-hybridized carbons (Fsp3) is 0.462. The van der Waals surface area contributed by atoms with E-state index >= 15 is 0 Å². The quantitative estimate of drug-likeness (QED) is 0.504. The van der Waals surface area contributed by atoms with Gasteiger partial charge in [-0.3, -0.25) is 14.9 Å². The minimum Gasteiger partial charge on any atom is -0.398 e. The number of nitro benzene ring substituents is 1. The number of carbonyl (C=O) groups is 1. The Morgan fingerprint density at radius 3 is 2.85 bits per heavy atom. The Kier molecular flexibility index (Phi) is 4.49. The van der Waals surface area contributed by atoms with E-state index in [1.165, 1.54) is 18.2 Å². The van der Waals surface area contributed by atoms with Crippen molar-refractivity contribution in [3.05, 3.63) is 33.9 Å². The van der Waals surface area contributed by atoms with E-state index in [0.717, 1.165) is 19.3 Å². The third kappa shape index (κ3) is 3.22. The highest BCUT2D eigenvalue weighted by Crippen LogP contribution is 2.28. The molecule has 2 rings (SSSR count). The molecule has 0 radical (unpaired) electrons. The molecule has 0 heterocycles. The fourth-order valence-electron chi connectivity index (χ4n) is 2.40. The molecule has 1 fully saturated rings. The number of rotatable bonds is 4. The number of non-ortho nitro benzene ring substituents is 1. The Hall–Kier alpha value is -1.76. The van der Waals surface area contributed by atoms with Gasteiger partial charge in [-0.25, -0.2) is 0 Å². The van der Waals surface area contributed by atoms with E-state index in [0.29, 0.717) is 5.25 Å². The first-order valence-electron chi connectivity index (χ1n) is 6.39. The number of thioether (sulfide) groups is 1. The normalized spacial score (nSPS) is 21.6. The lowest BCUT2D eigenvalue weighted by Crippen LogP contribution is -2.33. The number of nitro groups is 1. The molecular weight excluding hydrogens is 278 g/mol. The highest BCUT2D eigenvalue weighted by atomic mass is 32.2. The number of hydrogen-bond acceptors (Lipinski definition) is 5. The van der Waals surface area contributed by atoms with Crippen LogP contribution in [-0.2, 0) is 0 Å². The van der Waals surface area contributed by atoms with Gasteiger partial charge in [0.1, 0.15) is 0 Å². The lowest BCUT2D eigenvalue weighted by molar-refractivity contribution is -0.384. The van der Waals surface area contributed by atoms with Gasteiger partial charge in [-0.15, -0.1) is 0 Å². The van der Waals surface area contributed by atoms with Gasteiger partial charge in [-0.05, 0) is 31.6 Å². The van der Waals surface area contributed by atoms with Crippen molar-refractivity contribution in [1.82, 2.24) is 5.32 Å². The van der Waals surface area contributed by atoms with Gasteiger partial charge in [0.25, 0.3) is 11.6 Å². The number of anilines is 1. The second-order valence-electron chi connectivity index (χ2n) is 4.87. The van der Waals surface area contributed by atoms with Gasteiger partial charge < -0.3 is 11.1 Å². The average Bonchev–Trinajstić information content (AvgIpc) is 2.86. The molecule has 1 aliphatic rings. The third-order valence-electron chi connectivity index (χ3n) is 3.55. The molecule has 2 unspecified atom stereocenters. The van der Waals surface area contributed by atoms with Crippen molar-refractivity contribution in [2.24, 2.45) is 0 Å². The molecule has 20 heavy (non-hydrogen) atoms. The number of nitrogens with one attached hydrogen (secondary N) is 1. The number of hydrogen-bond donors (Lipinski definition) is 2. The van der Waals surface area contributed by atoms with E-state index in [2.05, 4.69) is 11.6 Å². The minimum atomic E-state index is -0.532. The molecule has 0 bridgehead atoms. The first-order valence-corrected chi connectivity index (χ1v) is 7.67. The van der Waals surface area contributed by atoms with Gasteiger partial charge in [0.15, 0.2) is 0 Å². The summed E-state index contributed by atoms with van der Waals surface area (Å²) in [5.74, 6) is -0.335. The zero-order valence-electron chi connectivity index (χ0n) is 11.2. The summed E-state index contributed by atoms with van der Waals surface area (Å²) in [6.07, 6.45) is 5.01. The lowest BCUT2D eigenvalue weighted by Gasteiger charge is -2.13. The molecule has 3 N–H and O–H groups in total. The van der Waals surface area contributed by atoms with E-state index in [1.54, 1.807) is 11.8 Å². The number of carbonyl (C=O) groups excluding carboxylic acids is 1. The second kappa shape index (κ2) is 6.13. The molecule has 108 valence electrons.